The van der Waals surface area contributed by atoms with E-state index in [0.29, 0.717) is 11.8 Å². The molecule has 0 N–H and O–H groups in total. The van der Waals surface area contributed by atoms with E-state index in [1.54, 1.807) is 17.0 Å². The number of rotatable bonds is 3. The maximum atomic E-state index is 12.2. The highest BCUT2D eigenvalue weighted by molar-refractivity contribution is 9.10. The zero-order valence-electron chi connectivity index (χ0n) is 10.5. The molecule has 98 valence electrons. The fourth-order valence-corrected chi connectivity index (χ4v) is 2.42. The van der Waals surface area contributed by atoms with E-state index in [1.807, 2.05) is 25.1 Å². The average Bonchev–Trinajstić information content (AvgIpc) is 3.19. The van der Waals surface area contributed by atoms with Gasteiger partial charge in [0.2, 0.25) is 0 Å². The summed E-state index contributed by atoms with van der Waals surface area (Å²) in [4.78, 5) is 16.2. The monoisotopic (exact) mass is 320 g/mol. The number of halogens is 1. The summed E-state index contributed by atoms with van der Waals surface area (Å²) in [5, 5.41) is 0. The summed E-state index contributed by atoms with van der Waals surface area (Å²) >= 11 is 3.40. The first kappa shape index (κ1) is 12.4. The first-order valence-corrected chi connectivity index (χ1v) is 6.95. The fourth-order valence-electron chi connectivity index (χ4n) is 1.95. The van der Waals surface area contributed by atoms with Crippen molar-refractivity contribution in [2.45, 2.75) is 25.8 Å². The maximum absolute atomic E-state index is 12.2. The number of hydrogen-bond donors (Lipinski definition) is 0. The minimum atomic E-state index is -0.160. The van der Waals surface area contributed by atoms with Crippen LogP contribution in [0.3, 0.4) is 0 Å². The molecule has 0 atom stereocenters. The smallest absolute Gasteiger partial charge is 0.313 e. The summed E-state index contributed by atoms with van der Waals surface area (Å²) in [7, 11) is 0. The highest BCUT2D eigenvalue weighted by Gasteiger charge is 2.25. The molecule has 1 aromatic heterocycles. The summed E-state index contributed by atoms with van der Waals surface area (Å²) in [6.07, 6.45) is 5.45. The Labute approximate surface area is 119 Å². The molecule has 0 radical (unpaired) electrons. The lowest BCUT2D eigenvalue weighted by Gasteiger charge is -2.09. The van der Waals surface area contributed by atoms with Crippen molar-refractivity contribution in [3.8, 4) is 11.6 Å². The molecule has 1 aliphatic carbocycles. The van der Waals surface area contributed by atoms with Gasteiger partial charge in [0.1, 0.15) is 5.75 Å². The maximum Gasteiger partial charge on any atom is 0.313 e. The standard InChI is InChI=1S/C14H13BrN2O2/c1-9-8-10(15)2-5-12(9)19-13-14(18)17(7-6-16-13)11-3-4-11/h2,5-8,11H,3-4H2,1H3. The van der Waals surface area contributed by atoms with Gasteiger partial charge in [-0.3, -0.25) is 4.79 Å². The van der Waals surface area contributed by atoms with Crippen LogP contribution in [0.15, 0.2) is 39.9 Å². The molecule has 1 saturated carbocycles. The van der Waals surface area contributed by atoms with Crippen LogP contribution in [0.25, 0.3) is 0 Å². The zero-order chi connectivity index (χ0) is 13.4. The topological polar surface area (TPSA) is 44.1 Å². The van der Waals surface area contributed by atoms with E-state index in [-0.39, 0.29) is 11.4 Å². The molecule has 4 nitrogen and oxygen atoms in total. The number of nitrogens with zero attached hydrogens (tertiary/aromatic N) is 2. The Balaban J connectivity index is 1.95. The molecule has 0 amide bonds. The van der Waals surface area contributed by atoms with Crippen molar-refractivity contribution in [3.63, 3.8) is 0 Å². The van der Waals surface area contributed by atoms with Crippen LogP contribution < -0.4 is 10.3 Å². The van der Waals surface area contributed by atoms with E-state index in [0.717, 1.165) is 22.9 Å². The molecule has 5 heteroatoms. The van der Waals surface area contributed by atoms with Gasteiger partial charge >= 0.3 is 5.56 Å². The summed E-state index contributed by atoms with van der Waals surface area (Å²) in [6, 6.07) is 5.97. The van der Waals surface area contributed by atoms with Crippen LogP contribution >= 0.6 is 15.9 Å². The lowest BCUT2D eigenvalue weighted by molar-refractivity contribution is 0.441. The number of ether oxygens (including phenoxy) is 1. The van der Waals surface area contributed by atoms with E-state index >= 15 is 0 Å². The highest BCUT2D eigenvalue weighted by Crippen LogP contribution is 2.33. The molecule has 1 fully saturated rings. The summed E-state index contributed by atoms with van der Waals surface area (Å²) in [5.74, 6) is 0.793. The van der Waals surface area contributed by atoms with Gasteiger partial charge < -0.3 is 9.30 Å². The largest absolute Gasteiger partial charge is 0.434 e. The van der Waals surface area contributed by atoms with Crippen LogP contribution in [0.5, 0.6) is 11.6 Å². The van der Waals surface area contributed by atoms with Crippen LogP contribution in [0.2, 0.25) is 0 Å². The number of hydrogen-bond acceptors (Lipinski definition) is 3. The van der Waals surface area contributed by atoms with Crippen molar-refractivity contribution in [3.05, 3.63) is 51.0 Å². The van der Waals surface area contributed by atoms with Gasteiger partial charge in [0.15, 0.2) is 0 Å². The van der Waals surface area contributed by atoms with Gasteiger partial charge in [-0.15, -0.1) is 0 Å². The molecule has 2 aromatic rings. The van der Waals surface area contributed by atoms with E-state index in [9.17, 15) is 4.79 Å². The Morgan fingerprint density at radius 3 is 2.89 bits per heavy atom. The quantitative estimate of drug-likeness (QED) is 0.870. The van der Waals surface area contributed by atoms with E-state index < -0.39 is 0 Å². The van der Waals surface area contributed by atoms with Crippen molar-refractivity contribution in [1.82, 2.24) is 9.55 Å². The molecule has 19 heavy (non-hydrogen) atoms. The number of aromatic nitrogens is 2. The van der Waals surface area contributed by atoms with Crippen molar-refractivity contribution in [2.75, 3.05) is 0 Å². The van der Waals surface area contributed by atoms with Gasteiger partial charge in [-0.2, -0.15) is 0 Å². The zero-order valence-corrected chi connectivity index (χ0v) is 12.1. The second kappa shape index (κ2) is 4.81. The third-order valence-electron chi connectivity index (χ3n) is 3.12. The van der Waals surface area contributed by atoms with Crippen molar-refractivity contribution >= 4 is 15.9 Å². The second-order valence-corrected chi connectivity index (χ2v) is 5.60. The van der Waals surface area contributed by atoms with Gasteiger partial charge in [0, 0.05) is 22.9 Å². The van der Waals surface area contributed by atoms with E-state index in [1.165, 1.54) is 0 Å². The third-order valence-corrected chi connectivity index (χ3v) is 3.61. The van der Waals surface area contributed by atoms with Crippen molar-refractivity contribution in [1.29, 1.82) is 0 Å². The molecule has 1 aliphatic rings. The van der Waals surface area contributed by atoms with Gasteiger partial charge in [0.05, 0.1) is 0 Å². The highest BCUT2D eigenvalue weighted by atomic mass is 79.9. The molecule has 3 rings (SSSR count). The molecule has 1 aromatic carbocycles. The Morgan fingerprint density at radius 2 is 2.21 bits per heavy atom. The summed E-state index contributed by atoms with van der Waals surface area (Å²) in [5.41, 5.74) is 0.796. The van der Waals surface area contributed by atoms with Crippen LogP contribution in [-0.4, -0.2) is 9.55 Å². The predicted molar refractivity (Wildman–Crippen MR) is 75.7 cm³/mol. The SMILES string of the molecule is Cc1cc(Br)ccc1Oc1nccn(C2CC2)c1=O. The Kier molecular flexibility index (Phi) is 3.14. The van der Waals surface area contributed by atoms with Gasteiger partial charge in [0.25, 0.3) is 5.88 Å². The third kappa shape index (κ3) is 2.56. The second-order valence-electron chi connectivity index (χ2n) is 4.69. The van der Waals surface area contributed by atoms with Crippen molar-refractivity contribution in [2.24, 2.45) is 0 Å². The Morgan fingerprint density at radius 1 is 1.42 bits per heavy atom. The van der Waals surface area contributed by atoms with Gasteiger partial charge in [-0.1, -0.05) is 15.9 Å². The number of benzene rings is 1. The van der Waals surface area contributed by atoms with E-state index in [4.69, 9.17) is 4.74 Å². The Bertz CT molecular complexity index is 677. The molecule has 0 saturated heterocycles. The normalized spacial score (nSPS) is 14.4. The molecular formula is C14H13BrN2O2. The lowest BCUT2D eigenvalue weighted by atomic mass is 10.2. The Hall–Kier alpha value is -1.62. The number of aryl methyl sites for hydroxylation is 1. The summed E-state index contributed by atoms with van der Waals surface area (Å²) < 4.78 is 8.33. The van der Waals surface area contributed by atoms with Crippen molar-refractivity contribution < 1.29 is 4.74 Å². The van der Waals surface area contributed by atoms with Crippen LogP contribution in [0.1, 0.15) is 24.4 Å². The van der Waals surface area contributed by atoms with Gasteiger partial charge in [-0.05, 0) is 43.5 Å². The molecular weight excluding hydrogens is 308 g/mol. The van der Waals surface area contributed by atoms with Gasteiger partial charge in [-0.25, -0.2) is 4.98 Å². The fraction of sp³-hybridized carbons (Fsp3) is 0.286. The van der Waals surface area contributed by atoms with Crippen LogP contribution in [0, 0.1) is 6.92 Å². The van der Waals surface area contributed by atoms with E-state index in [2.05, 4.69) is 20.9 Å². The first-order chi connectivity index (χ1) is 9.15. The van der Waals surface area contributed by atoms with Crippen LogP contribution in [0.4, 0.5) is 0 Å². The average molecular weight is 321 g/mol. The minimum Gasteiger partial charge on any atom is -0.434 e. The predicted octanol–water partition coefficient (Wildman–Crippen LogP) is 3.44. The lowest BCUT2D eigenvalue weighted by Crippen LogP contribution is -2.20. The molecule has 0 spiro atoms. The first-order valence-electron chi connectivity index (χ1n) is 6.16. The molecule has 0 aliphatic heterocycles. The molecule has 0 bridgehead atoms. The summed E-state index contributed by atoms with van der Waals surface area (Å²) in [6.45, 7) is 1.93. The molecule has 1 heterocycles. The van der Waals surface area contributed by atoms with Crippen LogP contribution in [-0.2, 0) is 0 Å². The minimum absolute atomic E-state index is 0.139. The molecule has 0 unspecified atom stereocenters.